The molecule has 0 aromatic heterocycles. The zero-order chi connectivity index (χ0) is 24.5. The van der Waals surface area contributed by atoms with Gasteiger partial charge in [0.05, 0.1) is 21.3 Å². The molecule has 34 heavy (non-hydrogen) atoms. The number of nitrogens with zero attached hydrogens (tertiary/aromatic N) is 1. The molecule has 3 aromatic carbocycles. The Kier molecular flexibility index (Phi) is 8.14. The largest absolute Gasteiger partial charge is 0.497 e. The third-order valence-electron chi connectivity index (χ3n) is 5.04. The molecule has 0 aliphatic rings. The summed E-state index contributed by atoms with van der Waals surface area (Å²) in [6.45, 7) is 2.19. The molecule has 174 valence electrons. The minimum atomic E-state index is -0.490. The molecular formula is C27H26N2O5. The van der Waals surface area contributed by atoms with Gasteiger partial charge in [-0.15, -0.1) is 0 Å². The fraction of sp³-hybridized carbons (Fsp3) is 0.185. The Bertz CT molecular complexity index is 1230. The number of anilines is 1. The van der Waals surface area contributed by atoms with Gasteiger partial charge in [0.15, 0.2) is 11.5 Å². The first kappa shape index (κ1) is 24.2. The number of ether oxygens (including phenoxy) is 4. The lowest BCUT2D eigenvalue weighted by Gasteiger charge is -2.14. The monoisotopic (exact) mass is 458 g/mol. The maximum absolute atomic E-state index is 12.5. The number of hydrogen-bond donors (Lipinski definition) is 1. The molecule has 1 N–H and O–H groups in total. The highest BCUT2D eigenvalue weighted by Gasteiger charge is 2.12. The predicted octanol–water partition coefficient (Wildman–Crippen LogP) is 5.15. The van der Waals surface area contributed by atoms with Crippen molar-refractivity contribution in [3.05, 3.63) is 82.9 Å². The molecule has 1 amide bonds. The van der Waals surface area contributed by atoms with Gasteiger partial charge < -0.3 is 24.3 Å². The van der Waals surface area contributed by atoms with Gasteiger partial charge in [-0.1, -0.05) is 23.8 Å². The Hall–Kier alpha value is -4.44. The molecule has 0 bridgehead atoms. The van der Waals surface area contributed by atoms with E-state index in [9.17, 15) is 10.1 Å². The summed E-state index contributed by atoms with van der Waals surface area (Å²) >= 11 is 0. The summed E-state index contributed by atoms with van der Waals surface area (Å²) < 4.78 is 22.1. The van der Waals surface area contributed by atoms with Gasteiger partial charge in [0.2, 0.25) is 0 Å². The van der Waals surface area contributed by atoms with E-state index in [-0.39, 0.29) is 12.2 Å². The summed E-state index contributed by atoms with van der Waals surface area (Å²) in [6.07, 6.45) is 1.50. The Labute approximate surface area is 199 Å². The molecule has 7 heteroatoms. The van der Waals surface area contributed by atoms with Crippen LogP contribution in [0.15, 0.2) is 66.2 Å². The highest BCUT2D eigenvalue weighted by Crippen LogP contribution is 2.31. The molecule has 0 saturated heterocycles. The number of nitrogens with one attached hydrogen (secondary N) is 1. The number of hydrogen-bond acceptors (Lipinski definition) is 6. The first-order chi connectivity index (χ1) is 16.5. The zero-order valence-electron chi connectivity index (χ0n) is 19.5. The van der Waals surface area contributed by atoms with Crippen molar-refractivity contribution in [1.29, 1.82) is 5.26 Å². The fourth-order valence-corrected chi connectivity index (χ4v) is 3.19. The molecule has 0 unspecified atom stereocenters. The minimum Gasteiger partial charge on any atom is -0.497 e. The maximum atomic E-state index is 12.5. The van der Waals surface area contributed by atoms with Gasteiger partial charge >= 0.3 is 0 Å². The summed E-state index contributed by atoms with van der Waals surface area (Å²) in [5.41, 5.74) is 3.10. The van der Waals surface area contributed by atoms with Crippen molar-refractivity contribution in [2.75, 3.05) is 26.6 Å². The minimum absolute atomic E-state index is 0.0302. The van der Waals surface area contributed by atoms with Crippen LogP contribution in [-0.2, 0) is 11.4 Å². The number of carbonyl (C=O) groups excluding carboxylic acids is 1. The van der Waals surface area contributed by atoms with Gasteiger partial charge in [0, 0.05) is 11.3 Å². The van der Waals surface area contributed by atoms with Gasteiger partial charge in [-0.2, -0.15) is 5.26 Å². The van der Waals surface area contributed by atoms with E-state index in [4.69, 9.17) is 18.9 Å². The predicted molar refractivity (Wildman–Crippen MR) is 130 cm³/mol. The standard InChI is InChI=1S/C27H26N2O5/c1-18-5-8-22(9-6-18)29-27(30)20(16-28)13-19-7-11-25(26(14-19)33-4)34-17-21-15-23(31-2)10-12-24(21)32-3/h5-15H,17H2,1-4H3,(H,29,30)/b20-13+. The van der Waals surface area contributed by atoms with E-state index in [1.165, 1.54) is 13.2 Å². The molecule has 0 saturated carbocycles. The number of benzene rings is 3. The Morgan fingerprint density at radius 1 is 0.912 bits per heavy atom. The van der Waals surface area contributed by atoms with Crippen LogP contribution in [0.3, 0.4) is 0 Å². The first-order valence-corrected chi connectivity index (χ1v) is 10.5. The lowest BCUT2D eigenvalue weighted by Crippen LogP contribution is -2.13. The van der Waals surface area contributed by atoms with Gasteiger partial charge in [0.25, 0.3) is 5.91 Å². The van der Waals surface area contributed by atoms with E-state index in [0.717, 1.165) is 11.1 Å². The zero-order valence-corrected chi connectivity index (χ0v) is 19.5. The van der Waals surface area contributed by atoms with Crippen LogP contribution in [0.1, 0.15) is 16.7 Å². The SMILES string of the molecule is COc1ccc(OC)c(COc2ccc(/C=C(\C#N)C(=O)Nc3ccc(C)cc3)cc2OC)c1. The maximum Gasteiger partial charge on any atom is 0.266 e. The smallest absolute Gasteiger partial charge is 0.266 e. The van der Waals surface area contributed by atoms with Gasteiger partial charge in [-0.05, 0) is 61.0 Å². The lowest BCUT2D eigenvalue weighted by molar-refractivity contribution is -0.112. The average Bonchev–Trinajstić information content (AvgIpc) is 2.87. The van der Waals surface area contributed by atoms with Crippen molar-refractivity contribution in [2.24, 2.45) is 0 Å². The van der Waals surface area contributed by atoms with Crippen LogP contribution < -0.4 is 24.3 Å². The highest BCUT2D eigenvalue weighted by atomic mass is 16.5. The second-order valence-corrected chi connectivity index (χ2v) is 7.37. The van der Waals surface area contributed by atoms with Crippen LogP contribution >= 0.6 is 0 Å². The van der Waals surface area contributed by atoms with Crippen LogP contribution in [0.25, 0.3) is 6.08 Å². The van der Waals surface area contributed by atoms with Crippen molar-refractivity contribution in [3.8, 4) is 29.1 Å². The topological polar surface area (TPSA) is 89.8 Å². The normalized spacial score (nSPS) is 10.7. The fourth-order valence-electron chi connectivity index (χ4n) is 3.19. The summed E-state index contributed by atoms with van der Waals surface area (Å²) in [5, 5.41) is 12.2. The molecule has 0 aliphatic carbocycles. The summed E-state index contributed by atoms with van der Waals surface area (Å²) in [4.78, 5) is 12.5. The van der Waals surface area contributed by atoms with Crippen molar-refractivity contribution in [3.63, 3.8) is 0 Å². The summed E-state index contributed by atoms with van der Waals surface area (Å²) in [7, 11) is 4.71. The van der Waals surface area contributed by atoms with Gasteiger partial charge in [-0.25, -0.2) is 0 Å². The molecule has 0 fully saturated rings. The van der Waals surface area contributed by atoms with Gasteiger partial charge in [-0.3, -0.25) is 4.79 Å². The van der Waals surface area contributed by atoms with Crippen molar-refractivity contribution >= 4 is 17.7 Å². The number of rotatable bonds is 9. The van der Waals surface area contributed by atoms with Crippen molar-refractivity contribution < 1.29 is 23.7 Å². The number of amides is 1. The lowest BCUT2D eigenvalue weighted by atomic mass is 10.1. The molecule has 0 spiro atoms. The van der Waals surface area contributed by atoms with Crippen LogP contribution in [0.2, 0.25) is 0 Å². The molecule has 0 aliphatic heterocycles. The Morgan fingerprint density at radius 2 is 1.62 bits per heavy atom. The van der Waals surface area contributed by atoms with Crippen LogP contribution in [0.5, 0.6) is 23.0 Å². The molecule has 0 atom stereocenters. The molecular weight excluding hydrogens is 432 g/mol. The third-order valence-corrected chi connectivity index (χ3v) is 5.04. The summed E-state index contributed by atoms with van der Waals surface area (Å²) in [6, 6.07) is 19.9. The Balaban J connectivity index is 1.77. The molecule has 0 heterocycles. The number of nitriles is 1. The number of methoxy groups -OCH3 is 3. The second-order valence-electron chi connectivity index (χ2n) is 7.37. The van der Waals surface area contributed by atoms with Gasteiger partial charge in [0.1, 0.15) is 29.7 Å². The number of aryl methyl sites for hydroxylation is 1. The third kappa shape index (κ3) is 6.08. The van der Waals surface area contributed by atoms with E-state index < -0.39 is 5.91 Å². The van der Waals surface area contributed by atoms with E-state index >= 15 is 0 Å². The molecule has 3 aromatic rings. The van der Waals surface area contributed by atoms with Crippen LogP contribution in [-0.4, -0.2) is 27.2 Å². The average molecular weight is 459 g/mol. The second kappa shape index (κ2) is 11.4. The Morgan fingerprint density at radius 3 is 2.26 bits per heavy atom. The summed E-state index contributed by atoms with van der Waals surface area (Å²) in [5.74, 6) is 1.85. The quantitative estimate of drug-likeness (QED) is 0.353. The number of carbonyl (C=O) groups is 1. The van der Waals surface area contributed by atoms with Crippen molar-refractivity contribution in [2.45, 2.75) is 13.5 Å². The van der Waals surface area contributed by atoms with E-state index in [1.54, 1.807) is 44.6 Å². The van der Waals surface area contributed by atoms with E-state index in [2.05, 4.69) is 5.32 Å². The van der Waals surface area contributed by atoms with Crippen LogP contribution in [0, 0.1) is 18.3 Å². The molecule has 7 nitrogen and oxygen atoms in total. The molecule has 0 radical (unpaired) electrons. The first-order valence-electron chi connectivity index (χ1n) is 10.5. The highest BCUT2D eigenvalue weighted by molar-refractivity contribution is 6.09. The molecule has 3 rings (SSSR count). The van der Waals surface area contributed by atoms with E-state index in [1.807, 2.05) is 43.3 Å². The van der Waals surface area contributed by atoms with E-state index in [0.29, 0.717) is 34.2 Å². The van der Waals surface area contributed by atoms with Crippen molar-refractivity contribution in [1.82, 2.24) is 0 Å². The van der Waals surface area contributed by atoms with Crippen LogP contribution in [0.4, 0.5) is 5.69 Å².